The number of aliphatic hydroxyl groups excluding tert-OH is 1. The van der Waals surface area contributed by atoms with Crippen LogP contribution in [-0.4, -0.2) is 17.8 Å². The lowest BCUT2D eigenvalue weighted by Gasteiger charge is -2.22. The fourth-order valence-corrected chi connectivity index (χ4v) is 2.93. The molecule has 0 aliphatic heterocycles. The number of aliphatic hydroxyl groups is 1. The Morgan fingerprint density at radius 3 is 2.74 bits per heavy atom. The van der Waals surface area contributed by atoms with Crippen LogP contribution in [0.4, 0.5) is 5.69 Å². The van der Waals surface area contributed by atoms with Gasteiger partial charge in [0.25, 0.3) is 0 Å². The third-order valence-corrected chi connectivity index (χ3v) is 4.03. The third kappa shape index (κ3) is 3.63. The summed E-state index contributed by atoms with van der Waals surface area (Å²) in [5.74, 6) is 1.56. The molecule has 0 aromatic heterocycles. The van der Waals surface area contributed by atoms with Gasteiger partial charge in [0.1, 0.15) is 5.75 Å². The molecule has 0 amide bonds. The van der Waals surface area contributed by atoms with Crippen molar-refractivity contribution in [3.63, 3.8) is 0 Å². The molecule has 1 saturated carbocycles. The summed E-state index contributed by atoms with van der Waals surface area (Å²) < 4.78 is 5.50. The number of hydrogen-bond acceptors (Lipinski definition) is 3. The Morgan fingerprint density at radius 1 is 1.37 bits per heavy atom. The molecule has 0 spiro atoms. The van der Waals surface area contributed by atoms with Gasteiger partial charge < -0.3 is 15.2 Å². The summed E-state index contributed by atoms with van der Waals surface area (Å²) in [6.45, 7) is 4.85. The van der Waals surface area contributed by atoms with Gasteiger partial charge in [-0.05, 0) is 50.8 Å². The second-order valence-corrected chi connectivity index (χ2v) is 5.39. The molecule has 2 N–H and O–H groups in total. The van der Waals surface area contributed by atoms with Crippen LogP contribution >= 0.6 is 0 Å². The predicted molar refractivity (Wildman–Crippen MR) is 78.6 cm³/mol. The smallest absolute Gasteiger partial charge is 0.124 e. The molecule has 3 heteroatoms. The molecule has 1 unspecified atom stereocenters. The van der Waals surface area contributed by atoms with Crippen molar-refractivity contribution in [1.82, 2.24) is 0 Å². The van der Waals surface area contributed by atoms with E-state index in [4.69, 9.17) is 4.74 Å². The van der Waals surface area contributed by atoms with E-state index in [2.05, 4.69) is 12.2 Å². The number of hydrogen-bond donors (Lipinski definition) is 2. The van der Waals surface area contributed by atoms with Gasteiger partial charge in [0, 0.05) is 17.3 Å². The van der Waals surface area contributed by atoms with Crippen molar-refractivity contribution in [2.45, 2.75) is 52.2 Å². The van der Waals surface area contributed by atoms with Gasteiger partial charge >= 0.3 is 0 Å². The van der Waals surface area contributed by atoms with E-state index < -0.39 is 0 Å². The van der Waals surface area contributed by atoms with E-state index in [1.54, 1.807) is 0 Å². The first-order chi connectivity index (χ1) is 9.24. The average molecular weight is 263 g/mol. The summed E-state index contributed by atoms with van der Waals surface area (Å²) in [5, 5.41) is 13.0. The van der Waals surface area contributed by atoms with Gasteiger partial charge in [0.2, 0.25) is 0 Å². The number of rotatable bonds is 6. The molecular weight excluding hydrogens is 238 g/mol. The molecule has 1 atom stereocenters. The Morgan fingerprint density at radius 2 is 2.11 bits per heavy atom. The lowest BCUT2D eigenvalue weighted by atomic mass is 9.99. The summed E-state index contributed by atoms with van der Waals surface area (Å²) in [5.41, 5.74) is 1.93. The highest BCUT2D eigenvalue weighted by molar-refractivity contribution is 5.51. The zero-order chi connectivity index (χ0) is 13.7. The van der Waals surface area contributed by atoms with Crippen molar-refractivity contribution in [1.29, 1.82) is 0 Å². The molecule has 106 valence electrons. The van der Waals surface area contributed by atoms with Gasteiger partial charge in [0.15, 0.2) is 0 Å². The minimum atomic E-state index is 0.0165. The van der Waals surface area contributed by atoms with Crippen LogP contribution < -0.4 is 10.1 Å². The standard InChI is InChI=1S/C16H25NO2/c1-3-19-16-9-8-15(10-14(16)11-18)17-12(2)13-6-4-5-7-13/h8-10,12-13,17-18H,3-7,11H2,1-2H3. The quantitative estimate of drug-likeness (QED) is 0.824. The summed E-state index contributed by atoms with van der Waals surface area (Å²) in [7, 11) is 0. The number of nitrogens with one attached hydrogen (secondary N) is 1. The molecule has 1 aliphatic rings. The van der Waals surface area contributed by atoms with Gasteiger partial charge in [-0.15, -0.1) is 0 Å². The Kier molecular flexibility index (Phi) is 5.08. The van der Waals surface area contributed by atoms with E-state index in [1.807, 2.05) is 25.1 Å². The van der Waals surface area contributed by atoms with E-state index >= 15 is 0 Å². The minimum Gasteiger partial charge on any atom is -0.494 e. The molecular formula is C16H25NO2. The average Bonchev–Trinajstić information content (AvgIpc) is 2.94. The van der Waals surface area contributed by atoms with E-state index in [0.29, 0.717) is 12.6 Å². The van der Waals surface area contributed by atoms with Crippen molar-refractivity contribution in [2.75, 3.05) is 11.9 Å². The molecule has 0 radical (unpaired) electrons. The molecule has 0 bridgehead atoms. The highest BCUT2D eigenvalue weighted by Gasteiger charge is 2.21. The van der Waals surface area contributed by atoms with E-state index in [1.165, 1.54) is 25.7 Å². The van der Waals surface area contributed by atoms with Crippen molar-refractivity contribution in [2.24, 2.45) is 5.92 Å². The normalized spacial score (nSPS) is 17.4. The first-order valence-corrected chi connectivity index (χ1v) is 7.37. The van der Waals surface area contributed by atoms with Gasteiger partial charge in [0.05, 0.1) is 13.2 Å². The van der Waals surface area contributed by atoms with E-state index in [0.717, 1.165) is 22.9 Å². The minimum absolute atomic E-state index is 0.0165. The Balaban J connectivity index is 2.03. The van der Waals surface area contributed by atoms with Crippen molar-refractivity contribution in [3.05, 3.63) is 23.8 Å². The summed E-state index contributed by atoms with van der Waals surface area (Å²) in [4.78, 5) is 0. The van der Waals surface area contributed by atoms with Crippen LogP contribution in [0.2, 0.25) is 0 Å². The third-order valence-electron chi connectivity index (χ3n) is 4.03. The van der Waals surface area contributed by atoms with Gasteiger partial charge in [-0.3, -0.25) is 0 Å². The maximum atomic E-state index is 9.41. The van der Waals surface area contributed by atoms with Crippen LogP contribution in [0.25, 0.3) is 0 Å². The second kappa shape index (κ2) is 6.80. The SMILES string of the molecule is CCOc1ccc(NC(C)C2CCCC2)cc1CO. The van der Waals surface area contributed by atoms with Gasteiger partial charge in [-0.25, -0.2) is 0 Å². The summed E-state index contributed by atoms with van der Waals surface area (Å²) >= 11 is 0. The number of anilines is 1. The van der Waals surface area contributed by atoms with Crippen LogP contribution in [0.5, 0.6) is 5.75 Å². The van der Waals surface area contributed by atoms with Crippen molar-refractivity contribution < 1.29 is 9.84 Å². The monoisotopic (exact) mass is 263 g/mol. The Hall–Kier alpha value is -1.22. The lowest BCUT2D eigenvalue weighted by Crippen LogP contribution is -2.23. The van der Waals surface area contributed by atoms with E-state index in [9.17, 15) is 5.11 Å². The number of benzene rings is 1. The topological polar surface area (TPSA) is 41.5 Å². The van der Waals surface area contributed by atoms with Crippen LogP contribution in [-0.2, 0) is 6.61 Å². The molecule has 3 nitrogen and oxygen atoms in total. The maximum Gasteiger partial charge on any atom is 0.124 e. The van der Waals surface area contributed by atoms with Gasteiger partial charge in [-0.1, -0.05) is 12.8 Å². The van der Waals surface area contributed by atoms with Crippen molar-refractivity contribution in [3.8, 4) is 5.75 Å². The summed E-state index contributed by atoms with van der Waals surface area (Å²) in [6, 6.07) is 6.47. The molecule has 0 saturated heterocycles. The molecule has 2 rings (SSSR count). The predicted octanol–water partition coefficient (Wildman–Crippen LogP) is 3.57. The number of ether oxygens (including phenoxy) is 1. The first-order valence-electron chi connectivity index (χ1n) is 7.37. The van der Waals surface area contributed by atoms with E-state index in [-0.39, 0.29) is 6.61 Å². The lowest BCUT2D eigenvalue weighted by molar-refractivity contribution is 0.267. The van der Waals surface area contributed by atoms with Crippen LogP contribution in [0.3, 0.4) is 0 Å². The highest BCUT2D eigenvalue weighted by atomic mass is 16.5. The van der Waals surface area contributed by atoms with Crippen LogP contribution in [0.15, 0.2) is 18.2 Å². The zero-order valence-electron chi connectivity index (χ0n) is 12.0. The second-order valence-electron chi connectivity index (χ2n) is 5.39. The fraction of sp³-hybridized carbons (Fsp3) is 0.625. The molecule has 19 heavy (non-hydrogen) atoms. The van der Waals surface area contributed by atoms with Crippen LogP contribution in [0, 0.1) is 5.92 Å². The highest BCUT2D eigenvalue weighted by Crippen LogP contribution is 2.30. The van der Waals surface area contributed by atoms with Gasteiger partial charge in [-0.2, -0.15) is 0 Å². The van der Waals surface area contributed by atoms with Crippen LogP contribution in [0.1, 0.15) is 45.1 Å². The largest absolute Gasteiger partial charge is 0.494 e. The molecule has 0 heterocycles. The Bertz CT molecular complexity index is 400. The molecule has 1 fully saturated rings. The first kappa shape index (κ1) is 14.2. The summed E-state index contributed by atoms with van der Waals surface area (Å²) in [6.07, 6.45) is 5.39. The molecule has 1 aromatic carbocycles. The molecule has 1 aromatic rings. The molecule has 1 aliphatic carbocycles. The zero-order valence-corrected chi connectivity index (χ0v) is 12.0. The fourth-order valence-electron chi connectivity index (χ4n) is 2.93. The Labute approximate surface area is 116 Å². The maximum absolute atomic E-state index is 9.41. The van der Waals surface area contributed by atoms with Crippen molar-refractivity contribution >= 4 is 5.69 Å².